The van der Waals surface area contributed by atoms with Crippen LogP contribution >= 0.6 is 0 Å². The van der Waals surface area contributed by atoms with Crippen LogP contribution in [0, 0.1) is 0 Å². The van der Waals surface area contributed by atoms with Gasteiger partial charge in [-0.25, -0.2) is 0 Å². The van der Waals surface area contributed by atoms with E-state index in [1.54, 1.807) is 6.26 Å². The van der Waals surface area contributed by atoms with Crippen LogP contribution in [0.1, 0.15) is 11.3 Å². The monoisotopic (exact) mass is 311 g/mol. The number of furan rings is 1. The first-order valence-corrected chi connectivity index (χ1v) is 8.03. The van der Waals surface area contributed by atoms with Crippen molar-refractivity contribution >= 4 is 0 Å². The molecule has 24 heavy (non-hydrogen) atoms. The molecule has 2 aromatic heterocycles. The van der Waals surface area contributed by atoms with E-state index in [1.807, 2.05) is 36.5 Å². The Kier molecular flexibility index (Phi) is 3.95. The Balaban J connectivity index is 1.89. The SMILES string of the molecule is c1ccc(Cc2nccc(-c3ccco3)c2-c2ccccc2)cc1. The van der Waals surface area contributed by atoms with E-state index in [0.29, 0.717) is 0 Å². The second kappa shape index (κ2) is 6.55. The van der Waals surface area contributed by atoms with E-state index in [9.17, 15) is 0 Å². The van der Waals surface area contributed by atoms with E-state index in [0.717, 1.165) is 34.6 Å². The van der Waals surface area contributed by atoms with Crippen LogP contribution < -0.4 is 0 Å². The van der Waals surface area contributed by atoms with Crippen LogP contribution in [-0.2, 0) is 6.42 Å². The normalized spacial score (nSPS) is 10.7. The van der Waals surface area contributed by atoms with Gasteiger partial charge in [-0.2, -0.15) is 0 Å². The summed E-state index contributed by atoms with van der Waals surface area (Å²) in [6.45, 7) is 0. The molecule has 0 radical (unpaired) electrons. The molecule has 0 N–H and O–H groups in total. The molecule has 0 fully saturated rings. The van der Waals surface area contributed by atoms with Crippen molar-refractivity contribution < 1.29 is 4.42 Å². The van der Waals surface area contributed by atoms with Crippen LogP contribution in [0.15, 0.2) is 95.7 Å². The molecular formula is C22H17NO. The fourth-order valence-corrected chi connectivity index (χ4v) is 2.99. The first-order valence-electron chi connectivity index (χ1n) is 8.03. The Morgan fingerprint density at radius 1 is 0.750 bits per heavy atom. The standard InChI is InChI=1S/C22H17NO/c1-3-8-17(9-4-1)16-20-22(18-10-5-2-6-11-18)19(13-14-23-20)21-12-7-15-24-21/h1-15H,16H2. The summed E-state index contributed by atoms with van der Waals surface area (Å²) in [5.41, 5.74) is 5.67. The molecule has 0 aliphatic carbocycles. The van der Waals surface area contributed by atoms with E-state index < -0.39 is 0 Å². The Hall–Kier alpha value is -3.13. The fourth-order valence-electron chi connectivity index (χ4n) is 2.99. The van der Waals surface area contributed by atoms with Crippen LogP contribution in [0.5, 0.6) is 0 Å². The van der Waals surface area contributed by atoms with E-state index >= 15 is 0 Å². The molecule has 0 saturated heterocycles. The van der Waals surface area contributed by atoms with Gasteiger partial charge >= 0.3 is 0 Å². The van der Waals surface area contributed by atoms with Gasteiger partial charge in [0.2, 0.25) is 0 Å². The van der Waals surface area contributed by atoms with Gasteiger partial charge in [0.25, 0.3) is 0 Å². The maximum atomic E-state index is 5.66. The minimum Gasteiger partial charge on any atom is -0.464 e. The van der Waals surface area contributed by atoms with Crippen LogP contribution in [0.2, 0.25) is 0 Å². The Morgan fingerprint density at radius 2 is 1.50 bits per heavy atom. The highest BCUT2D eigenvalue weighted by molar-refractivity contribution is 5.83. The zero-order valence-corrected chi connectivity index (χ0v) is 13.2. The Bertz CT molecular complexity index is 913. The molecule has 4 rings (SSSR count). The van der Waals surface area contributed by atoms with Gasteiger partial charge in [0.1, 0.15) is 5.76 Å². The number of rotatable bonds is 4. The van der Waals surface area contributed by atoms with E-state index in [2.05, 4.69) is 53.5 Å². The lowest BCUT2D eigenvalue weighted by molar-refractivity contribution is 0.582. The lowest BCUT2D eigenvalue weighted by Crippen LogP contribution is -1.98. The van der Waals surface area contributed by atoms with Gasteiger partial charge in [-0.05, 0) is 29.3 Å². The van der Waals surface area contributed by atoms with Gasteiger partial charge in [0.05, 0.1) is 12.0 Å². The molecule has 0 aliphatic heterocycles. The van der Waals surface area contributed by atoms with Gasteiger partial charge < -0.3 is 4.42 Å². The molecule has 116 valence electrons. The summed E-state index contributed by atoms with van der Waals surface area (Å²) in [6, 6.07) is 26.8. The number of nitrogens with zero attached hydrogens (tertiary/aromatic N) is 1. The molecule has 0 bridgehead atoms. The number of hydrogen-bond donors (Lipinski definition) is 0. The third kappa shape index (κ3) is 2.86. The highest BCUT2D eigenvalue weighted by Crippen LogP contribution is 2.35. The van der Waals surface area contributed by atoms with Gasteiger partial charge in [-0.1, -0.05) is 60.7 Å². The maximum Gasteiger partial charge on any atom is 0.134 e. The molecule has 4 aromatic rings. The van der Waals surface area contributed by atoms with E-state index in [-0.39, 0.29) is 0 Å². The molecule has 0 spiro atoms. The summed E-state index contributed by atoms with van der Waals surface area (Å²) in [7, 11) is 0. The summed E-state index contributed by atoms with van der Waals surface area (Å²) >= 11 is 0. The molecular weight excluding hydrogens is 294 g/mol. The van der Waals surface area contributed by atoms with Crippen LogP contribution in [0.25, 0.3) is 22.5 Å². The fraction of sp³-hybridized carbons (Fsp3) is 0.0455. The highest BCUT2D eigenvalue weighted by Gasteiger charge is 2.15. The predicted molar refractivity (Wildman–Crippen MR) is 96.6 cm³/mol. The van der Waals surface area contributed by atoms with E-state index in [1.165, 1.54) is 5.56 Å². The average molecular weight is 311 g/mol. The molecule has 0 unspecified atom stereocenters. The summed E-state index contributed by atoms with van der Waals surface area (Å²) < 4.78 is 5.66. The smallest absolute Gasteiger partial charge is 0.134 e. The van der Waals surface area contributed by atoms with Crippen molar-refractivity contribution in [2.45, 2.75) is 6.42 Å². The molecule has 0 atom stereocenters. The number of benzene rings is 2. The minimum absolute atomic E-state index is 0.791. The largest absolute Gasteiger partial charge is 0.464 e. The lowest BCUT2D eigenvalue weighted by atomic mass is 9.94. The number of aromatic nitrogens is 1. The third-order valence-electron chi connectivity index (χ3n) is 4.09. The quantitative estimate of drug-likeness (QED) is 0.490. The van der Waals surface area contributed by atoms with Crippen molar-refractivity contribution in [2.24, 2.45) is 0 Å². The zero-order valence-electron chi connectivity index (χ0n) is 13.2. The summed E-state index contributed by atoms with van der Waals surface area (Å²) in [5, 5.41) is 0. The Labute approximate surface area is 141 Å². The lowest BCUT2D eigenvalue weighted by Gasteiger charge is -2.13. The molecule has 2 aromatic carbocycles. The molecule has 2 nitrogen and oxygen atoms in total. The van der Waals surface area contributed by atoms with Crippen molar-refractivity contribution in [3.8, 4) is 22.5 Å². The van der Waals surface area contributed by atoms with Crippen molar-refractivity contribution in [3.05, 3.63) is 103 Å². The van der Waals surface area contributed by atoms with Gasteiger partial charge in [-0.3, -0.25) is 4.98 Å². The van der Waals surface area contributed by atoms with Gasteiger partial charge in [0.15, 0.2) is 0 Å². The highest BCUT2D eigenvalue weighted by atomic mass is 16.3. The number of hydrogen-bond acceptors (Lipinski definition) is 2. The van der Waals surface area contributed by atoms with Crippen molar-refractivity contribution in [3.63, 3.8) is 0 Å². The van der Waals surface area contributed by atoms with Crippen LogP contribution in [0.3, 0.4) is 0 Å². The predicted octanol–water partition coefficient (Wildman–Crippen LogP) is 5.60. The first kappa shape index (κ1) is 14.5. The van der Waals surface area contributed by atoms with Crippen LogP contribution in [-0.4, -0.2) is 4.98 Å². The van der Waals surface area contributed by atoms with Crippen molar-refractivity contribution in [2.75, 3.05) is 0 Å². The van der Waals surface area contributed by atoms with Gasteiger partial charge in [-0.15, -0.1) is 0 Å². The number of pyridine rings is 1. The van der Waals surface area contributed by atoms with Crippen LogP contribution in [0.4, 0.5) is 0 Å². The average Bonchev–Trinajstić information content (AvgIpc) is 3.18. The summed E-state index contributed by atoms with van der Waals surface area (Å²) in [6.07, 6.45) is 4.36. The third-order valence-corrected chi connectivity index (χ3v) is 4.09. The molecule has 2 heterocycles. The summed E-state index contributed by atoms with van der Waals surface area (Å²) in [4.78, 5) is 4.68. The van der Waals surface area contributed by atoms with Crippen molar-refractivity contribution in [1.82, 2.24) is 4.98 Å². The first-order chi connectivity index (χ1) is 11.9. The second-order valence-electron chi connectivity index (χ2n) is 5.69. The molecule has 0 aliphatic rings. The van der Waals surface area contributed by atoms with E-state index in [4.69, 9.17) is 4.42 Å². The van der Waals surface area contributed by atoms with Gasteiger partial charge in [0, 0.05) is 23.7 Å². The molecule has 0 saturated carbocycles. The van der Waals surface area contributed by atoms with Crippen molar-refractivity contribution in [1.29, 1.82) is 0 Å². The zero-order chi connectivity index (χ0) is 16.2. The topological polar surface area (TPSA) is 26.0 Å². The molecule has 0 amide bonds. The minimum atomic E-state index is 0.791. The maximum absolute atomic E-state index is 5.66. The molecule has 2 heteroatoms. The Morgan fingerprint density at radius 3 is 2.21 bits per heavy atom. The summed E-state index contributed by atoms with van der Waals surface area (Å²) in [5.74, 6) is 0.866. The second-order valence-corrected chi connectivity index (χ2v) is 5.69.